The molecule has 0 aliphatic carbocycles. The van der Waals surface area contributed by atoms with E-state index in [-0.39, 0.29) is 23.3 Å². The van der Waals surface area contributed by atoms with Crippen molar-refractivity contribution in [2.24, 2.45) is 0 Å². The molecule has 26 heavy (non-hydrogen) atoms. The number of nitrogens with zero attached hydrogens (tertiary/aromatic N) is 4. The summed E-state index contributed by atoms with van der Waals surface area (Å²) in [5.74, 6) is 0. The fourth-order valence-corrected chi connectivity index (χ4v) is 3.51. The van der Waals surface area contributed by atoms with Gasteiger partial charge in [-0.3, -0.25) is 10.1 Å². The number of ether oxygens (including phenoxy) is 1. The second-order valence-electron chi connectivity index (χ2n) is 7.38. The summed E-state index contributed by atoms with van der Waals surface area (Å²) in [7, 11) is -1.23. The summed E-state index contributed by atoms with van der Waals surface area (Å²) in [6.45, 7) is 10.7. The molecule has 0 unspecified atom stereocenters. The maximum atomic E-state index is 11.6. The average Bonchev–Trinajstić information content (AvgIpc) is 2.83. The van der Waals surface area contributed by atoms with Crippen LogP contribution in [0.3, 0.4) is 0 Å². The van der Waals surface area contributed by atoms with Crippen molar-refractivity contribution in [2.45, 2.75) is 46.3 Å². The zero-order chi connectivity index (χ0) is 19.6. The number of halogens is 1. The first-order valence-corrected chi connectivity index (χ1v) is 12.3. The van der Waals surface area contributed by atoms with Crippen LogP contribution in [0.2, 0.25) is 30.8 Å². The smallest absolute Gasteiger partial charge is 0.317 e. The Morgan fingerprint density at radius 2 is 2.00 bits per heavy atom. The van der Waals surface area contributed by atoms with Crippen molar-refractivity contribution >= 4 is 31.0 Å². The highest BCUT2D eigenvalue weighted by Crippen LogP contribution is 2.38. The van der Waals surface area contributed by atoms with E-state index in [9.17, 15) is 10.1 Å². The van der Waals surface area contributed by atoms with E-state index in [4.69, 9.17) is 22.1 Å². The number of nitrogen functional groups attached to an aromatic ring is 1. The molecule has 0 aliphatic rings. The topological polar surface area (TPSA) is 109 Å². The predicted molar refractivity (Wildman–Crippen MR) is 105 cm³/mol. The first kappa shape index (κ1) is 20.3. The van der Waals surface area contributed by atoms with Crippen LogP contribution in [0.1, 0.15) is 11.4 Å². The van der Waals surface area contributed by atoms with E-state index in [1.165, 1.54) is 10.7 Å². The molecule has 0 amide bonds. The molecular weight excluding hydrogens is 374 g/mol. The minimum absolute atomic E-state index is 0.104. The number of nitrogens with two attached hydrogens (primary N) is 1. The molecule has 142 valence electrons. The Balaban J connectivity index is 2.45. The first-order chi connectivity index (χ1) is 12.0. The van der Waals surface area contributed by atoms with Crippen LogP contribution < -0.4 is 5.73 Å². The van der Waals surface area contributed by atoms with Crippen LogP contribution in [-0.4, -0.2) is 34.4 Å². The van der Waals surface area contributed by atoms with Crippen molar-refractivity contribution in [3.05, 3.63) is 32.7 Å². The van der Waals surface area contributed by atoms with Gasteiger partial charge in [-0.2, -0.15) is 5.10 Å². The molecule has 2 rings (SSSR count). The monoisotopic (exact) mass is 397 g/mol. The number of rotatable bonds is 7. The number of anilines is 1. The van der Waals surface area contributed by atoms with Gasteiger partial charge in [-0.25, -0.2) is 9.67 Å². The van der Waals surface area contributed by atoms with Crippen LogP contribution in [0, 0.1) is 24.0 Å². The summed E-state index contributed by atoms with van der Waals surface area (Å²) < 4.78 is 7.20. The van der Waals surface area contributed by atoms with Crippen molar-refractivity contribution in [3.8, 4) is 11.3 Å². The van der Waals surface area contributed by atoms with Gasteiger partial charge < -0.3 is 10.5 Å². The molecule has 0 atom stereocenters. The Bertz CT molecular complexity index is 832. The average molecular weight is 398 g/mol. The summed E-state index contributed by atoms with van der Waals surface area (Å²) in [5.41, 5.74) is 7.87. The lowest BCUT2D eigenvalue weighted by molar-refractivity contribution is -0.384. The van der Waals surface area contributed by atoms with E-state index in [1.54, 1.807) is 13.8 Å². The van der Waals surface area contributed by atoms with Crippen LogP contribution in [0.4, 0.5) is 11.4 Å². The van der Waals surface area contributed by atoms with Gasteiger partial charge in [0.05, 0.1) is 16.3 Å². The van der Waals surface area contributed by atoms with Crippen LogP contribution in [0.25, 0.3) is 11.3 Å². The first-order valence-electron chi connectivity index (χ1n) is 8.24. The summed E-state index contributed by atoms with van der Waals surface area (Å²) >= 11 is 6.05. The number of hydrogen-bond acceptors (Lipinski definition) is 6. The summed E-state index contributed by atoms with van der Waals surface area (Å²) in [5, 5.41) is 16.1. The molecular formula is C16H24ClN5O3Si. The normalized spacial score (nSPS) is 11.8. The molecule has 0 spiro atoms. The standard InChI is InChI=1S/C16H24ClN5O3Si/c1-10-14(18)12(8-13(17)19-10)16-15(22(23)24)11(2)20-21(16)9-25-6-7-26(3,4)5/h8H,6-7,9,18H2,1-5H3. The van der Waals surface area contributed by atoms with Gasteiger partial charge in [0.2, 0.25) is 0 Å². The summed E-state index contributed by atoms with van der Waals surface area (Å²) in [4.78, 5) is 15.2. The Labute approximate surface area is 158 Å². The maximum Gasteiger partial charge on any atom is 0.317 e. The zero-order valence-corrected chi connectivity index (χ0v) is 17.4. The van der Waals surface area contributed by atoms with Gasteiger partial charge in [-0.05, 0) is 26.0 Å². The minimum atomic E-state index is -1.23. The summed E-state index contributed by atoms with van der Waals surface area (Å²) in [6.07, 6.45) is 0. The Morgan fingerprint density at radius 1 is 1.35 bits per heavy atom. The highest BCUT2D eigenvalue weighted by Gasteiger charge is 2.29. The third-order valence-electron chi connectivity index (χ3n) is 3.96. The van der Waals surface area contributed by atoms with Crippen molar-refractivity contribution in [3.63, 3.8) is 0 Å². The molecule has 0 aliphatic heterocycles. The van der Waals surface area contributed by atoms with Gasteiger partial charge >= 0.3 is 5.69 Å². The second kappa shape index (κ2) is 7.73. The largest absolute Gasteiger partial charge is 0.397 e. The van der Waals surface area contributed by atoms with E-state index >= 15 is 0 Å². The van der Waals surface area contributed by atoms with E-state index in [1.807, 2.05) is 0 Å². The molecule has 2 heterocycles. The van der Waals surface area contributed by atoms with Crippen LogP contribution in [-0.2, 0) is 11.5 Å². The summed E-state index contributed by atoms with van der Waals surface area (Å²) in [6, 6.07) is 2.51. The van der Waals surface area contributed by atoms with Crippen LogP contribution in [0.5, 0.6) is 0 Å². The minimum Gasteiger partial charge on any atom is -0.397 e. The van der Waals surface area contributed by atoms with Crippen molar-refractivity contribution < 1.29 is 9.66 Å². The Hall–Kier alpha value is -1.97. The molecule has 2 aromatic rings. The number of aryl methyl sites for hydroxylation is 2. The number of pyridine rings is 1. The van der Waals surface area contributed by atoms with Gasteiger partial charge in [-0.1, -0.05) is 31.2 Å². The number of hydrogen-bond donors (Lipinski definition) is 1. The van der Waals surface area contributed by atoms with E-state index in [0.717, 1.165) is 6.04 Å². The lowest BCUT2D eigenvalue weighted by atomic mass is 10.1. The second-order valence-corrected chi connectivity index (χ2v) is 13.4. The van der Waals surface area contributed by atoms with Crippen molar-refractivity contribution in [1.82, 2.24) is 14.8 Å². The Morgan fingerprint density at radius 3 is 2.58 bits per heavy atom. The van der Waals surface area contributed by atoms with Gasteiger partial charge in [0.25, 0.3) is 0 Å². The van der Waals surface area contributed by atoms with Gasteiger partial charge in [0.15, 0.2) is 5.69 Å². The maximum absolute atomic E-state index is 11.6. The van der Waals surface area contributed by atoms with Crippen molar-refractivity contribution in [1.29, 1.82) is 0 Å². The lowest BCUT2D eigenvalue weighted by Crippen LogP contribution is -2.22. The van der Waals surface area contributed by atoms with Crippen LogP contribution >= 0.6 is 11.6 Å². The number of nitro groups is 1. The highest BCUT2D eigenvalue weighted by molar-refractivity contribution is 6.76. The lowest BCUT2D eigenvalue weighted by Gasteiger charge is -2.16. The van der Waals surface area contributed by atoms with Crippen molar-refractivity contribution in [2.75, 3.05) is 12.3 Å². The third-order valence-corrected chi connectivity index (χ3v) is 5.86. The molecule has 0 aromatic carbocycles. The molecule has 0 saturated heterocycles. The van der Waals surface area contributed by atoms with E-state index in [2.05, 4.69) is 29.7 Å². The molecule has 0 fully saturated rings. The van der Waals surface area contributed by atoms with Crippen LogP contribution in [0.15, 0.2) is 6.07 Å². The number of aromatic nitrogens is 3. The predicted octanol–water partition coefficient (Wildman–Crippen LogP) is 4.02. The molecule has 0 bridgehead atoms. The molecule has 10 heteroatoms. The van der Waals surface area contributed by atoms with Gasteiger partial charge in [-0.15, -0.1) is 0 Å². The molecule has 0 saturated carbocycles. The molecule has 2 aromatic heterocycles. The van der Waals surface area contributed by atoms with E-state index < -0.39 is 13.0 Å². The molecule has 2 N–H and O–H groups in total. The van der Waals surface area contributed by atoms with E-state index in [0.29, 0.717) is 29.2 Å². The Kier molecular flexibility index (Phi) is 6.04. The molecule has 0 radical (unpaired) electrons. The highest BCUT2D eigenvalue weighted by atomic mass is 35.5. The quantitative estimate of drug-likeness (QED) is 0.248. The zero-order valence-electron chi connectivity index (χ0n) is 15.7. The fraction of sp³-hybridized carbons (Fsp3) is 0.500. The van der Waals surface area contributed by atoms with Gasteiger partial charge in [0, 0.05) is 20.2 Å². The fourth-order valence-electron chi connectivity index (χ4n) is 2.52. The molecule has 8 nitrogen and oxygen atoms in total. The third kappa shape index (κ3) is 4.60. The van der Waals surface area contributed by atoms with Gasteiger partial charge in [0.1, 0.15) is 17.6 Å². The SMILES string of the molecule is Cc1nc(Cl)cc(-c2c([N+](=O)[O-])c(C)nn2COCC[Si](C)(C)C)c1N.